The largest absolute Gasteiger partial charge is 0.448 e. The monoisotopic (exact) mass is 404 g/mol. The number of hydrogen-bond acceptors (Lipinski definition) is 4. The van der Waals surface area contributed by atoms with E-state index in [1.807, 2.05) is 17.0 Å². The van der Waals surface area contributed by atoms with E-state index in [1.54, 1.807) is 23.1 Å². The lowest BCUT2D eigenvalue weighted by Crippen LogP contribution is -2.53. The van der Waals surface area contributed by atoms with Crippen molar-refractivity contribution in [3.8, 4) is 0 Å². The molecule has 0 radical (unpaired) electrons. The van der Waals surface area contributed by atoms with Gasteiger partial charge in [0.1, 0.15) is 0 Å². The molecular weight excluding hydrogens is 385 g/mol. The Bertz CT molecular complexity index is 937. The summed E-state index contributed by atoms with van der Waals surface area (Å²) in [7, 11) is 0. The molecule has 29 heavy (non-hydrogen) atoms. The molecule has 1 amide bonds. The molecule has 8 heteroatoms. The van der Waals surface area contributed by atoms with E-state index in [-0.39, 0.29) is 5.91 Å². The highest BCUT2D eigenvalue weighted by Crippen LogP contribution is 2.32. The van der Waals surface area contributed by atoms with Crippen LogP contribution in [0.3, 0.4) is 0 Å². The maximum Gasteiger partial charge on any atom is 0.416 e. The average molecular weight is 404 g/mol. The number of nitrogens with zero attached hydrogens (tertiary/aromatic N) is 2. The molecule has 2 aliphatic heterocycles. The van der Waals surface area contributed by atoms with Gasteiger partial charge in [-0.25, -0.2) is 4.79 Å². The van der Waals surface area contributed by atoms with Gasteiger partial charge in [-0.3, -0.25) is 4.79 Å². The number of carbonyl (C=O) groups excluding carboxylic acids is 2. The van der Waals surface area contributed by atoms with Gasteiger partial charge in [0.15, 0.2) is 6.10 Å². The molecule has 1 fully saturated rings. The summed E-state index contributed by atoms with van der Waals surface area (Å²) in [4.78, 5) is 28.4. The number of fused-ring (bicyclic) bond motifs is 1. The van der Waals surface area contributed by atoms with Crippen molar-refractivity contribution < 1.29 is 27.5 Å². The van der Waals surface area contributed by atoms with Gasteiger partial charge >= 0.3 is 12.1 Å². The summed E-state index contributed by atoms with van der Waals surface area (Å²) in [6.07, 6.45) is -4.93. The zero-order chi connectivity index (χ0) is 20.6. The van der Waals surface area contributed by atoms with Crippen molar-refractivity contribution >= 4 is 17.6 Å². The summed E-state index contributed by atoms with van der Waals surface area (Å²) >= 11 is 0. The minimum atomic E-state index is -4.39. The third-order valence-electron chi connectivity index (χ3n) is 5.30. The van der Waals surface area contributed by atoms with Crippen LogP contribution >= 0.6 is 0 Å². The van der Waals surface area contributed by atoms with Crippen LogP contribution in [-0.4, -0.2) is 49.1 Å². The summed E-state index contributed by atoms with van der Waals surface area (Å²) in [6, 6.07) is 12.2. The van der Waals surface area contributed by atoms with Crippen molar-refractivity contribution in [2.24, 2.45) is 0 Å². The van der Waals surface area contributed by atoms with E-state index in [0.717, 1.165) is 17.7 Å². The molecule has 2 aromatic carbocycles. The molecular formula is C21H19F3N2O3. The molecule has 2 aromatic rings. The number of piperazine rings is 1. The molecule has 1 saturated heterocycles. The Hall–Kier alpha value is -3.03. The Morgan fingerprint density at radius 2 is 1.72 bits per heavy atom. The Labute approximate surface area is 165 Å². The van der Waals surface area contributed by atoms with Crippen molar-refractivity contribution in [3.63, 3.8) is 0 Å². The molecule has 152 valence electrons. The second-order valence-corrected chi connectivity index (χ2v) is 7.12. The van der Waals surface area contributed by atoms with Crippen molar-refractivity contribution in [1.82, 2.24) is 4.90 Å². The minimum Gasteiger partial charge on any atom is -0.448 e. The topological polar surface area (TPSA) is 49.9 Å². The summed E-state index contributed by atoms with van der Waals surface area (Å²) in [6.45, 7) is 1.52. The number of carbonyl (C=O) groups is 2. The molecule has 2 aliphatic rings. The van der Waals surface area contributed by atoms with E-state index in [9.17, 15) is 22.8 Å². The number of esters is 1. The molecule has 4 rings (SSSR count). The van der Waals surface area contributed by atoms with Crippen molar-refractivity contribution in [2.45, 2.75) is 18.7 Å². The summed E-state index contributed by atoms with van der Waals surface area (Å²) < 4.78 is 44.1. The smallest absolute Gasteiger partial charge is 0.416 e. The normalized spacial score (nSPS) is 19.6. The van der Waals surface area contributed by atoms with Crippen LogP contribution in [-0.2, 0) is 22.1 Å². The molecule has 0 bridgehead atoms. The number of alkyl halides is 3. The number of anilines is 1. The van der Waals surface area contributed by atoms with E-state index < -0.39 is 23.8 Å². The first-order chi connectivity index (χ1) is 13.8. The number of rotatable bonds is 2. The number of ether oxygens (including phenoxy) is 1. The van der Waals surface area contributed by atoms with Crippen LogP contribution in [0.4, 0.5) is 18.9 Å². The van der Waals surface area contributed by atoms with E-state index in [1.165, 1.54) is 6.07 Å². The fourth-order valence-electron chi connectivity index (χ4n) is 3.74. The molecule has 1 unspecified atom stereocenters. The van der Waals surface area contributed by atoms with Gasteiger partial charge in [0.2, 0.25) is 0 Å². The maximum atomic E-state index is 12.9. The number of benzene rings is 2. The number of hydrogen-bond donors (Lipinski definition) is 0. The molecule has 1 atom stereocenters. The van der Waals surface area contributed by atoms with E-state index >= 15 is 0 Å². The molecule has 0 N–H and O–H groups in total. The standard InChI is InChI=1S/C21H19F3N2O3/c22-21(23,24)15-5-3-6-16(13-15)25-8-10-26(11-9-25)19(27)18-12-14-4-1-2-7-17(14)20(28)29-18/h1-7,13,18H,8-12H2. The first-order valence-corrected chi connectivity index (χ1v) is 9.33. The highest BCUT2D eigenvalue weighted by atomic mass is 19.4. The lowest BCUT2D eigenvalue weighted by Gasteiger charge is -2.38. The van der Waals surface area contributed by atoms with Crippen LogP contribution in [0.2, 0.25) is 0 Å². The number of amides is 1. The van der Waals surface area contributed by atoms with E-state index in [2.05, 4.69) is 0 Å². The van der Waals surface area contributed by atoms with Crippen LogP contribution in [0.25, 0.3) is 0 Å². The fraction of sp³-hybridized carbons (Fsp3) is 0.333. The third kappa shape index (κ3) is 3.92. The Morgan fingerprint density at radius 1 is 1.00 bits per heavy atom. The highest BCUT2D eigenvalue weighted by molar-refractivity contribution is 5.95. The zero-order valence-electron chi connectivity index (χ0n) is 15.5. The summed E-state index contributed by atoms with van der Waals surface area (Å²) in [5.74, 6) is -0.774. The zero-order valence-corrected chi connectivity index (χ0v) is 15.5. The first kappa shape index (κ1) is 19.3. The van der Waals surface area contributed by atoms with Gasteiger partial charge in [-0.2, -0.15) is 13.2 Å². The SMILES string of the molecule is O=C1OC(C(=O)N2CCN(c3cccc(C(F)(F)F)c3)CC2)Cc2ccccc21. The molecule has 0 saturated carbocycles. The Kier molecular flexibility index (Phi) is 4.94. The third-order valence-corrected chi connectivity index (χ3v) is 5.30. The van der Waals surface area contributed by atoms with Gasteiger partial charge in [-0.15, -0.1) is 0 Å². The van der Waals surface area contributed by atoms with Crippen LogP contribution < -0.4 is 4.90 Å². The van der Waals surface area contributed by atoms with Crippen LogP contribution in [0.5, 0.6) is 0 Å². The van der Waals surface area contributed by atoms with Gasteiger partial charge in [0.05, 0.1) is 11.1 Å². The van der Waals surface area contributed by atoms with Crippen molar-refractivity contribution in [2.75, 3.05) is 31.1 Å². The van der Waals surface area contributed by atoms with Gasteiger partial charge in [0.25, 0.3) is 5.91 Å². The molecule has 5 nitrogen and oxygen atoms in total. The summed E-state index contributed by atoms with van der Waals surface area (Å²) in [5, 5.41) is 0. The van der Waals surface area contributed by atoms with Gasteiger partial charge in [-0.1, -0.05) is 24.3 Å². The van der Waals surface area contributed by atoms with Gasteiger partial charge in [-0.05, 0) is 29.8 Å². The van der Waals surface area contributed by atoms with Crippen LogP contribution in [0, 0.1) is 0 Å². The molecule has 0 spiro atoms. The van der Waals surface area contributed by atoms with Crippen molar-refractivity contribution in [1.29, 1.82) is 0 Å². The van der Waals surface area contributed by atoms with Crippen molar-refractivity contribution in [3.05, 3.63) is 65.2 Å². The Morgan fingerprint density at radius 3 is 2.45 bits per heavy atom. The number of cyclic esters (lactones) is 1. The van der Waals surface area contributed by atoms with Crippen LogP contribution in [0.1, 0.15) is 21.5 Å². The second kappa shape index (κ2) is 7.42. The molecule has 0 aliphatic carbocycles. The predicted molar refractivity (Wildman–Crippen MR) is 99.6 cm³/mol. The first-order valence-electron chi connectivity index (χ1n) is 9.33. The summed E-state index contributed by atoms with van der Waals surface area (Å²) in [5.41, 5.74) is 1.04. The fourth-order valence-corrected chi connectivity index (χ4v) is 3.74. The maximum absolute atomic E-state index is 12.9. The lowest BCUT2D eigenvalue weighted by molar-refractivity contribution is -0.141. The molecule has 0 aromatic heterocycles. The number of halogens is 3. The average Bonchev–Trinajstić information content (AvgIpc) is 2.73. The quantitative estimate of drug-likeness (QED) is 0.722. The van der Waals surface area contributed by atoms with Gasteiger partial charge < -0.3 is 14.5 Å². The van der Waals surface area contributed by atoms with Crippen LogP contribution in [0.15, 0.2) is 48.5 Å². The Balaban J connectivity index is 1.40. The second-order valence-electron chi connectivity index (χ2n) is 7.12. The lowest BCUT2D eigenvalue weighted by atomic mass is 9.98. The minimum absolute atomic E-state index is 0.267. The highest BCUT2D eigenvalue weighted by Gasteiger charge is 2.35. The molecule has 2 heterocycles. The van der Waals surface area contributed by atoms with Gasteiger partial charge in [0, 0.05) is 38.3 Å². The van der Waals surface area contributed by atoms with E-state index in [4.69, 9.17) is 4.74 Å². The van der Waals surface area contributed by atoms with E-state index in [0.29, 0.717) is 43.9 Å². The predicted octanol–water partition coefficient (Wildman–Crippen LogP) is 3.14.